The molecule has 0 radical (unpaired) electrons. The summed E-state index contributed by atoms with van der Waals surface area (Å²) >= 11 is 3.05. The molecule has 2 saturated heterocycles. The molecule has 2 aliphatic heterocycles. The number of nitrogens with zero attached hydrogens (tertiary/aromatic N) is 1. The summed E-state index contributed by atoms with van der Waals surface area (Å²) in [5.41, 5.74) is 0.108. The Morgan fingerprint density at radius 1 is 1.19 bits per heavy atom. The Labute approximate surface area is 160 Å². The van der Waals surface area contributed by atoms with E-state index in [1.807, 2.05) is 0 Å². The molecule has 2 fully saturated rings. The van der Waals surface area contributed by atoms with Crippen LogP contribution in [0.5, 0.6) is 0 Å². The Hall–Kier alpha value is -1.35. The van der Waals surface area contributed by atoms with Gasteiger partial charge in [-0.25, -0.2) is 9.45 Å². The number of halogens is 2. The first-order valence-electron chi connectivity index (χ1n) is 8.48. The third kappa shape index (κ3) is 5.33. The molecule has 0 saturated carbocycles. The normalized spacial score (nSPS) is 21.8. The standard InChI is InChI=1S/C11H10BrFO2.C7H13NO3/c12-8-4-1-3-7(10(8)13)11(14)9-5-2-6-15-9;1-8(10-2)7(9)6-4-3-5-11-6/h1,3-4,9H,2,5-6H2;6H,3-5H2,1-2H3/t9-;6-/m00/s1. The second kappa shape index (κ2) is 10.1. The van der Waals surface area contributed by atoms with Crippen LogP contribution in [0.4, 0.5) is 4.39 Å². The summed E-state index contributed by atoms with van der Waals surface area (Å²) in [6, 6.07) is 4.71. The fraction of sp³-hybridized carbons (Fsp3) is 0.556. The molecule has 144 valence electrons. The van der Waals surface area contributed by atoms with Crippen LogP contribution in [0, 0.1) is 5.82 Å². The molecule has 8 heteroatoms. The number of ether oxygens (including phenoxy) is 2. The van der Waals surface area contributed by atoms with Crippen molar-refractivity contribution in [1.82, 2.24) is 5.06 Å². The van der Waals surface area contributed by atoms with E-state index in [4.69, 9.17) is 14.3 Å². The Bertz CT molecular complexity index is 630. The van der Waals surface area contributed by atoms with Crippen LogP contribution in [0.15, 0.2) is 22.7 Å². The summed E-state index contributed by atoms with van der Waals surface area (Å²) in [6.07, 6.45) is 2.59. The van der Waals surface area contributed by atoms with Gasteiger partial charge in [0.1, 0.15) is 18.0 Å². The van der Waals surface area contributed by atoms with Crippen LogP contribution in [0.1, 0.15) is 36.0 Å². The Morgan fingerprint density at radius 2 is 1.81 bits per heavy atom. The number of benzene rings is 1. The summed E-state index contributed by atoms with van der Waals surface area (Å²) in [5.74, 6) is -0.852. The number of carbonyl (C=O) groups is 2. The Morgan fingerprint density at radius 3 is 2.35 bits per heavy atom. The number of Topliss-reactive ketones (excluding diaryl/α,β-unsaturated/α-hetero) is 1. The second-order valence-electron chi connectivity index (χ2n) is 5.99. The molecule has 6 nitrogen and oxygen atoms in total. The predicted octanol–water partition coefficient (Wildman–Crippen LogP) is 3.14. The van der Waals surface area contributed by atoms with Crippen molar-refractivity contribution in [3.05, 3.63) is 34.1 Å². The first kappa shape index (κ1) is 21.0. The highest BCUT2D eigenvalue weighted by Gasteiger charge is 2.27. The summed E-state index contributed by atoms with van der Waals surface area (Å²) in [6.45, 7) is 1.28. The van der Waals surface area contributed by atoms with Crippen LogP contribution in [0.3, 0.4) is 0 Å². The molecule has 2 aliphatic rings. The monoisotopic (exact) mass is 431 g/mol. The Kier molecular flexibility index (Phi) is 8.15. The molecule has 0 spiro atoms. The molecule has 0 aliphatic carbocycles. The first-order chi connectivity index (χ1) is 12.5. The van der Waals surface area contributed by atoms with Gasteiger partial charge in [-0.3, -0.25) is 14.4 Å². The number of likely N-dealkylation sites (N-methyl/N-ethyl adjacent to an activating group) is 1. The number of amides is 1. The summed E-state index contributed by atoms with van der Waals surface area (Å²) < 4.78 is 24.3. The van der Waals surface area contributed by atoms with Crippen molar-refractivity contribution in [2.75, 3.05) is 27.4 Å². The van der Waals surface area contributed by atoms with Crippen LogP contribution in [0.25, 0.3) is 0 Å². The average molecular weight is 432 g/mol. The lowest BCUT2D eigenvalue weighted by molar-refractivity contribution is -0.178. The summed E-state index contributed by atoms with van der Waals surface area (Å²) in [7, 11) is 3.05. The minimum atomic E-state index is -0.502. The SMILES string of the molecule is CON(C)C(=O)[C@@H]1CCCO1.O=C(c1cccc(Br)c1F)[C@@H]1CCCO1. The smallest absolute Gasteiger partial charge is 0.274 e. The van der Waals surface area contributed by atoms with Crippen LogP contribution < -0.4 is 0 Å². The number of ketones is 1. The van der Waals surface area contributed by atoms with Gasteiger partial charge in [0, 0.05) is 20.3 Å². The van der Waals surface area contributed by atoms with Gasteiger partial charge in [0.05, 0.1) is 17.1 Å². The van der Waals surface area contributed by atoms with E-state index < -0.39 is 11.9 Å². The molecule has 3 rings (SSSR count). The van der Waals surface area contributed by atoms with Crippen molar-refractivity contribution in [2.24, 2.45) is 0 Å². The van der Waals surface area contributed by atoms with Gasteiger partial charge < -0.3 is 9.47 Å². The van der Waals surface area contributed by atoms with Gasteiger partial charge >= 0.3 is 0 Å². The van der Waals surface area contributed by atoms with Gasteiger partial charge in [0.2, 0.25) is 0 Å². The van der Waals surface area contributed by atoms with Gasteiger partial charge in [-0.1, -0.05) is 6.07 Å². The lowest BCUT2D eigenvalue weighted by Crippen LogP contribution is -2.35. The topological polar surface area (TPSA) is 65.1 Å². The molecule has 1 amide bonds. The minimum absolute atomic E-state index is 0.0926. The van der Waals surface area contributed by atoms with Crippen LogP contribution in [-0.2, 0) is 19.1 Å². The zero-order valence-corrected chi connectivity index (χ0v) is 16.5. The van der Waals surface area contributed by atoms with E-state index in [0.29, 0.717) is 24.1 Å². The van der Waals surface area contributed by atoms with E-state index >= 15 is 0 Å². The highest BCUT2D eigenvalue weighted by molar-refractivity contribution is 9.10. The molecule has 1 aromatic carbocycles. The lowest BCUT2D eigenvalue weighted by Gasteiger charge is -2.17. The second-order valence-corrected chi connectivity index (χ2v) is 6.84. The third-order valence-electron chi connectivity index (χ3n) is 4.23. The van der Waals surface area contributed by atoms with E-state index in [1.54, 1.807) is 19.2 Å². The van der Waals surface area contributed by atoms with Crippen molar-refractivity contribution in [3.8, 4) is 0 Å². The quantitative estimate of drug-likeness (QED) is 0.541. The molecule has 2 heterocycles. The molecule has 0 N–H and O–H groups in total. The lowest BCUT2D eigenvalue weighted by atomic mass is 10.0. The van der Waals surface area contributed by atoms with E-state index in [0.717, 1.165) is 19.3 Å². The molecular weight excluding hydrogens is 409 g/mol. The maximum atomic E-state index is 13.6. The third-order valence-corrected chi connectivity index (χ3v) is 4.84. The van der Waals surface area contributed by atoms with E-state index in [-0.39, 0.29) is 23.4 Å². The van der Waals surface area contributed by atoms with Gasteiger partial charge in [-0.05, 0) is 53.7 Å². The highest BCUT2D eigenvalue weighted by Crippen LogP contribution is 2.23. The van der Waals surface area contributed by atoms with Gasteiger partial charge in [0.15, 0.2) is 5.78 Å². The zero-order chi connectivity index (χ0) is 19.1. The van der Waals surface area contributed by atoms with Crippen molar-refractivity contribution in [3.63, 3.8) is 0 Å². The van der Waals surface area contributed by atoms with E-state index in [2.05, 4.69) is 15.9 Å². The molecule has 0 bridgehead atoms. The van der Waals surface area contributed by atoms with E-state index in [9.17, 15) is 14.0 Å². The number of hydrogen-bond acceptors (Lipinski definition) is 5. The highest BCUT2D eigenvalue weighted by atomic mass is 79.9. The summed E-state index contributed by atoms with van der Waals surface area (Å²) in [4.78, 5) is 27.8. The minimum Gasteiger partial charge on any atom is -0.370 e. The molecule has 26 heavy (non-hydrogen) atoms. The van der Waals surface area contributed by atoms with Crippen LogP contribution in [0.2, 0.25) is 0 Å². The van der Waals surface area contributed by atoms with Crippen molar-refractivity contribution in [2.45, 2.75) is 37.9 Å². The molecule has 0 aromatic heterocycles. The van der Waals surface area contributed by atoms with Gasteiger partial charge in [0.25, 0.3) is 5.91 Å². The molecule has 0 unspecified atom stereocenters. The van der Waals surface area contributed by atoms with Gasteiger partial charge in [-0.2, -0.15) is 0 Å². The number of carbonyl (C=O) groups excluding carboxylic acids is 2. The Balaban J connectivity index is 0.000000197. The number of hydrogen-bond donors (Lipinski definition) is 0. The average Bonchev–Trinajstić information content (AvgIpc) is 3.36. The first-order valence-corrected chi connectivity index (χ1v) is 9.28. The molecule has 2 atom stereocenters. The van der Waals surface area contributed by atoms with Crippen molar-refractivity contribution >= 4 is 27.6 Å². The van der Waals surface area contributed by atoms with Crippen LogP contribution in [-0.4, -0.2) is 56.3 Å². The predicted molar refractivity (Wildman–Crippen MR) is 96.2 cm³/mol. The summed E-state index contributed by atoms with van der Waals surface area (Å²) in [5, 5.41) is 1.20. The fourth-order valence-corrected chi connectivity index (χ4v) is 3.08. The molecule has 1 aromatic rings. The maximum Gasteiger partial charge on any atom is 0.274 e. The largest absolute Gasteiger partial charge is 0.370 e. The molecular formula is C18H23BrFNO5. The van der Waals surface area contributed by atoms with Crippen molar-refractivity contribution in [1.29, 1.82) is 0 Å². The van der Waals surface area contributed by atoms with Gasteiger partial charge in [-0.15, -0.1) is 0 Å². The van der Waals surface area contributed by atoms with Crippen LogP contribution >= 0.6 is 15.9 Å². The zero-order valence-electron chi connectivity index (χ0n) is 14.9. The maximum absolute atomic E-state index is 13.6. The number of hydroxylamine groups is 2. The fourth-order valence-electron chi connectivity index (χ4n) is 2.72. The van der Waals surface area contributed by atoms with E-state index in [1.165, 1.54) is 18.2 Å². The number of rotatable bonds is 4. The van der Waals surface area contributed by atoms with Crippen molar-refractivity contribution < 1.29 is 28.3 Å².